The van der Waals surface area contributed by atoms with E-state index >= 15 is 0 Å². The Morgan fingerprint density at radius 2 is 1.96 bits per heavy atom. The average Bonchev–Trinajstić information content (AvgIpc) is 3.06. The number of para-hydroxylation sites is 1. The summed E-state index contributed by atoms with van der Waals surface area (Å²) >= 11 is 0. The molecule has 0 amide bonds. The molecule has 0 aromatic heterocycles. The van der Waals surface area contributed by atoms with Crippen LogP contribution in [0.5, 0.6) is 11.5 Å². The highest BCUT2D eigenvalue weighted by atomic mass is 35.5. The molecule has 1 heterocycles. The fourth-order valence-electron chi connectivity index (χ4n) is 3.29. The molecule has 0 unspecified atom stereocenters. The number of β-amino-alcohol motifs (C(OH)–C–C–N with tert-alkyl or cyclic N) is 1. The molecule has 2 aromatic carbocycles. The van der Waals surface area contributed by atoms with Crippen molar-refractivity contribution in [2.24, 2.45) is 0 Å². The van der Waals surface area contributed by atoms with Gasteiger partial charge < -0.3 is 19.9 Å². The predicted octanol–water partition coefficient (Wildman–Crippen LogP) is 3.39. The number of methoxy groups -OCH3 is 1. The molecule has 1 saturated heterocycles. The minimum atomic E-state index is -0.208. The summed E-state index contributed by atoms with van der Waals surface area (Å²) in [5.74, 6) is 1.86. The van der Waals surface area contributed by atoms with Crippen LogP contribution < -0.4 is 14.8 Å². The maximum atomic E-state index is 9.56. The fraction of sp³-hybridized carbons (Fsp3) is 0.429. The first-order chi connectivity index (χ1) is 12.2. The molecule has 2 atom stereocenters. The van der Waals surface area contributed by atoms with E-state index in [1.54, 1.807) is 7.11 Å². The summed E-state index contributed by atoms with van der Waals surface area (Å²) < 4.78 is 11.3. The first-order valence-corrected chi connectivity index (χ1v) is 8.99. The maximum Gasteiger partial charge on any atom is 0.122 e. The second-order valence-corrected chi connectivity index (χ2v) is 6.59. The van der Waals surface area contributed by atoms with Crippen molar-refractivity contribution in [1.29, 1.82) is 0 Å². The van der Waals surface area contributed by atoms with Crippen LogP contribution in [0, 0.1) is 0 Å². The van der Waals surface area contributed by atoms with E-state index in [9.17, 15) is 5.11 Å². The summed E-state index contributed by atoms with van der Waals surface area (Å²) in [4.78, 5) is 0. The molecule has 0 spiro atoms. The second-order valence-electron chi connectivity index (χ2n) is 6.59. The van der Waals surface area contributed by atoms with Gasteiger partial charge in [-0.2, -0.15) is 0 Å². The first-order valence-electron chi connectivity index (χ1n) is 8.99. The molecule has 2 aromatic rings. The third-order valence-corrected chi connectivity index (χ3v) is 4.71. The first kappa shape index (κ1) is 20.6. The molecule has 0 bridgehead atoms. The summed E-state index contributed by atoms with van der Waals surface area (Å²) in [6.07, 6.45) is 3.42. The lowest BCUT2D eigenvalue weighted by atomic mass is 10.0. The van der Waals surface area contributed by atoms with Crippen LogP contribution >= 0.6 is 12.4 Å². The van der Waals surface area contributed by atoms with Crippen molar-refractivity contribution in [1.82, 2.24) is 5.32 Å². The van der Waals surface area contributed by atoms with Gasteiger partial charge in [0.05, 0.1) is 19.8 Å². The maximum absolute atomic E-state index is 9.56. The molecule has 0 saturated carbocycles. The molecule has 142 valence electrons. The fourth-order valence-corrected chi connectivity index (χ4v) is 3.29. The van der Waals surface area contributed by atoms with E-state index in [4.69, 9.17) is 9.47 Å². The number of aliphatic hydroxyl groups excluding tert-OH is 1. The summed E-state index contributed by atoms with van der Waals surface area (Å²) in [6.45, 7) is 1.36. The highest BCUT2D eigenvalue weighted by molar-refractivity contribution is 5.85. The lowest BCUT2D eigenvalue weighted by Crippen LogP contribution is -2.23. The van der Waals surface area contributed by atoms with Gasteiger partial charge >= 0.3 is 0 Å². The number of benzene rings is 2. The average molecular weight is 378 g/mol. The Kier molecular flexibility index (Phi) is 8.23. The van der Waals surface area contributed by atoms with E-state index < -0.39 is 0 Å². The third kappa shape index (κ3) is 5.90. The molecule has 2 N–H and O–H groups in total. The van der Waals surface area contributed by atoms with Gasteiger partial charge in [0.15, 0.2) is 0 Å². The van der Waals surface area contributed by atoms with Crippen molar-refractivity contribution >= 4 is 12.4 Å². The Morgan fingerprint density at radius 3 is 2.73 bits per heavy atom. The highest BCUT2D eigenvalue weighted by Crippen LogP contribution is 2.22. The molecular weight excluding hydrogens is 350 g/mol. The number of aryl methyl sites for hydroxylation is 2. The normalized spacial score (nSPS) is 19.0. The number of halogens is 1. The van der Waals surface area contributed by atoms with Crippen molar-refractivity contribution in [3.8, 4) is 11.5 Å². The number of aliphatic hydroxyl groups is 1. The SMILES string of the molecule is COc1cccc(CCc2ccccc2OCC[C@@H]2C[C@@H](O)CN2)c1.Cl. The van der Waals surface area contributed by atoms with Gasteiger partial charge in [-0.15, -0.1) is 12.4 Å². The quantitative estimate of drug-likeness (QED) is 0.740. The van der Waals surface area contributed by atoms with Crippen molar-refractivity contribution in [3.05, 3.63) is 59.7 Å². The highest BCUT2D eigenvalue weighted by Gasteiger charge is 2.21. The minimum absolute atomic E-state index is 0. The van der Waals surface area contributed by atoms with Gasteiger partial charge in [-0.1, -0.05) is 30.3 Å². The Bertz CT molecular complexity index is 680. The zero-order valence-corrected chi connectivity index (χ0v) is 16.0. The van der Waals surface area contributed by atoms with Crippen LogP contribution in [0.1, 0.15) is 24.0 Å². The lowest BCUT2D eigenvalue weighted by Gasteiger charge is -2.14. The van der Waals surface area contributed by atoms with Gasteiger partial charge in [0.2, 0.25) is 0 Å². The Labute approximate surface area is 161 Å². The van der Waals surface area contributed by atoms with Crippen LogP contribution in [0.4, 0.5) is 0 Å². The zero-order chi connectivity index (χ0) is 17.5. The lowest BCUT2D eigenvalue weighted by molar-refractivity contribution is 0.191. The number of rotatable bonds is 8. The van der Waals surface area contributed by atoms with Crippen molar-refractivity contribution in [2.45, 2.75) is 37.8 Å². The van der Waals surface area contributed by atoms with Gasteiger partial charge in [0, 0.05) is 12.6 Å². The monoisotopic (exact) mass is 377 g/mol. The molecule has 5 heteroatoms. The van der Waals surface area contributed by atoms with E-state index in [0.717, 1.165) is 37.2 Å². The molecular formula is C21H28ClNO3. The number of nitrogens with one attached hydrogen (secondary N) is 1. The Balaban J connectivity index is 0.00000243. The van der Waals surface area contributed by atoms with Gasteiger partial charge in [0.1, 0.15) is 11.5 Å². The molecule has 0 aliphatic carbocycles. The van der Waals surface area contributed by atoms with Crippen LogP contribution in [-0.2, 0) is 12.8 Å². The van der Waals surface area contributed by atoms with Gasteiger partial charge in [0.25, 0.3) is 0 Å². The van der Waals surface area contributed by atoms with Crippen molar-refractivity contribution < 1.29 is 14.6 Å². The zero-order valence-electron chi connectivity index (χ0n) is 15.2. The summed E-state index contributed by atoms with van der Waals surface area (Å²) in [5, 5.41) is 12.9. The van der Waals surface area contributed by atoms with Crippen molar-refractivity contribution in [3.63, 3.8) is 0 Å². The number of hydrogen-bond donors (Lipinski definition) is 2. The third-order valence-electron chi connectivity index (χ3n) is 4.71. The van der Waals surface area contributed by atoms with Crippen molar-refractivity contribution in [2.75, 3.05) is 20.3 Å². The van der Waals surface area contributed by atoms with Gasteiger partial charge in [-0.05, 0) is 55.0 Å². The number of hydrogen-bond acceptors (Lipinski definition) is 4. The Hall–Kier alpha value is -1.75. The largest absolute Gasteiger partial charge is 0.497 e. The van der Waals surface area contributed by atoms with Crippen LogP contribution in [0.25, 0.3) is 0 Å². The van der Waals surface area contributed by atoms with E-state index in [1.807, 2.05) is 24.3 Å². The summed E-state index contributed by atoms with van der Waals surface area (Å²) in [5.41, 5.74) is 2.49. The number of ether oxygens (including phenoxy) is 2. The van der Waals surface area contributed by atoms with Crippen LogP contribution in [0.15, 0.2) is 48.5 Å². The van der Waals surface area contributed by atoms with Crippen LogP contribution in [-0.4, -0.2) is 37.5 Å². The van der Waals surface area contributed by atoms with E-state index in [2.05, 4.69) is 29.6 Å². The van der Waals surface area contributed by atoms with E-state index in [-0.39, 0.29) is 18.5 Å². The molecule has 4 nitrogen and oxygen atoms in total. The van der Waals surface area contributed by atoms with E-state index in [0.29, 0.717) is 19.2 Å². The van der Waals surface area contributed by atoms with Crippen LogP contribution in [0.3, 0.4) is 0 Å². The molecule has 26 heavy (non-hydrogen) atoms. The summed E-state index contributed by atoms with van der Waals surface area (Å²) in [6, 6.07) is 16.8. The van der Waals surface area contributed by atoms with Gasteiger partial charge in [-0.25, -0.2) is 0 Å². The minimum Gasteiger partial charge on any atom is -0.497 e. The second kappa shape index (κ2) is 10.4. The van der Waals surface area contributed by atoms with E-state index in [1.165, 1.54) is 11.1 Å². The van der Waals surface area contributed by atoms with Gasteiger partial charge in [-0.3, -0.25) is 0 Å². The smallest absolute Gasteiger partial charge is 0.122 e. The standard InChI is InChI=1S/C21H27NO3.ClH/c1-24-20-7-4-5-16(13-20)9-10-17-6-2-3-8-21(17)25-12-11-18-14-19(23)15-22-18;/h2-8,13,18-19,22-23H,9-12,14-15H2,1H3;1H/t18-,19-;/m1./s1. The van der Waals surface area contributed by atoms with Crippen LogP contribution in [0.2, 0.25) is 0 Å². The Morgan fingerprint density at radius 1 is 1.12 bits per heavy atom. The molecule has 0 radical (unpaired) electrons. The topological polar surface area (TPSA) is 50.7 Å². The molecule has 1 aliphatic rings. The summed E-state index contributed by atoms with van der Waals surface area (Å²) in [7, 11) is 1.69. The predicted molar refractivity (Wildman–Crippen MR) is 107 cm³/mol. The molecule has 1 aliphatic heterocycles. The molecule has 1 fully saturated rings. The molecule has 3 rings (SSSR count).